The van der Waals surface area contributed by atoms with E-state index in [9.17, 15) is 0 Å². The molecular weight excluding hydrogens is 228 g/mol. The Morgan fingerprint density at radius 3 is 2.83 bits per heavy atom. The van der Waals surface area contributed by atoms with Gasteiger partial charge in [0.25, 0.3) is 0 Å². The number of para-hydroxylation sites is 1. The lowest BCUT2D eigenvalue weighted by Gasteiger charge is -2.11. The van der Waals surface area contributed by atoms with E-state index in [1.165, 1.54) is 0 Å². The minimum atomic E-state index is -0.454. The van der Waals surface area contributed by atoms with Crippen LogP contribution < -0.4 is 10.1 Å². The van der Waals surface area contributed by atoms with Gasteiger partial charge in [0.05, 0.1) is 19.4 Å². The van der Waals surface area contributed by atoms with Crippen LogP contribution in [0.15, 0.2) is 47.1 Å². The summed E-state index contributed by atoms with van der Waals surface area (Å²) in [5.41, 5.74) is 1.01. The summed E-state index contributed by atoms with van der Waals surface area (Å²) in [7, 11) is 1.63. The Labute approximate surface area is 106 Å². The van der Waals surface area contributed by atoms with Crippen LogP contribution >= 0.6 is 0 Å². The normalized spacial score (nSPS) is 11.8. The van der Waals surface area contributed by atoms with Crippen molar-refractivity contribution in [3.63, 3.8) is 0 Å². The molecule has 4 nitrogen and oxygen atoms in total. The number of ether oxygens (including phenoxy) is 1. The van der Waals surface area contributed by atoms with Crippen LogP contribution in [0.5, 0.6) is 5.75 Å². The average Bonchev–Trinajstić information content (AvgIpc) is 2.94. The van der Waals surface area contributed by atoms with E-state index in [0.717, 1.165) is 11.3 Å². The van der Waals surface area contributed by atoms with Gasteiger partial charge in [0, 0.05) is 12.1 Å². The molecule has 18 heavy (non-hydrogen) atoms. The largest absolute Gasteiger partial charge is 0.496 e. The first-order valence-electron chi connectivity index (χ1n) is 5.63. The van der Waals surface area contributed by atoms with Gasteiger partial charge < -0.3 is 9.15 Å². The molecule has 2 aromatic rings. The summed E-state index contributed by atoms with van der Waals surface area (Å²) in [6.45, 7) is 0.545. The second-order valence-corrected chi connectivity index (χ2v) is 3.77. The molecule has 92 valence electrons. The molecule has 1 aromatic heterocycles. The van der Waals surface area contributed by atoms with Gasteiger partial charge in [-0.3, -0.25) is 5.32 Å². The van der Waals surface area contributed by atoms with E-state index in [0.29, 0.717) is 12.3 Å². The third-order valence-corrected chi connectivity index (χ3v) is 2.65. The number of nitrogens with zero attached hydrogens (tertiary/aromatic N) is 1. The van der Waals surface area contributed by atoms with Crippen LogP contribution in [0.1, 0.15) is 17.4 Å². The fraction of sp³-hybridized carbons (Fsp3) is 0.214. The van der Waals surface area contributed by atoms with Gasteiger partial charge >= 0.3 is 0 Å². The maximum absolute atomic E-state index is 9.10. The maximum Gasteiger partial charge on any atom is 0.154 e. The number of hydrogen-bond acceptors (Lipinski definition) is 4. The van der Waals surface area contributed by atoms with Crippen molar-refractivity contribution in [1.82, 2.24) is 5.32 Å². The molecule has 0 spiro atoms. The van der Waals surface area contributed by atoms with E-state index < -0.39 is 6.04 Å². The Hall–Kier alpha value is -2.25. The van der Waals surface area contributed by atoms with Crippen LogP contribution in [-0.2, 0) is 6.54 Å². The Kier molecular flexibility index (Phi) is 4.00. The van der Waals surface area contributed by atoms with Crippen LogP contribution in [-0.4, -0.2) is 7.11 Å². The molecule has 1 heterocycles. The molecular formula is C14H14N2O2. The smallest absolute Gasteiger partial charge is 0.154 e. The summed E-state index contributed by atoms with van der Waals surface area (Å²) in [4.78, 5) is 0. The molecule has 1 unspecified atom stereocenters. The Morgan fingerprint density at radius 2 is 2.17 bits per heavy atom. The highest BCUT2D eigenvalue weighted by Gasteiger charge is 2.13. The van der Waals surface area contributed by atoms with Gasteiger partial charge in [0.2, 0.25) is 0 Å². The zero-order valence-electron chi connectivity index (χ0n) is 10.1. The van der Waals surface area contributed by atoms with Crippen molar-refractivity contribution < 1.29 is 9.15 Å². The first kappa shape index (κ1) is 12.2. The predicted molar refractivity (Wildman–Crippen MR) is 66.9 cm³/mol. The van der Waals surface area contributed by atoms with Crippen molar-refractivity contribution in [3.8, 4) is 11.8 Å². The Balaban J connectivity index is 2.05. The van der Waals surface area contributed by atoms with E-state index in [2.05, 4.69) is 11.4 Å². The number of benzene rings is 1. The van der Waals surface area contributed by atoms with Crippen LogP contribution in [0.4, 0.5) is 0 Å². The molecule has 1 atom stereocenters. The summed E-state index contributed by atoms with van der Waals surface area (Å²) < 4.78 is 10.5. The molecule has 0 radical (unpaired) electrons. The summed E-state index contributed by atoms with van der Waals surface area (Å²) in [6, 6.07) is 13.0. The Morgan fingerprint density at radius 1 is 1.33 bits per heavy atom. The van der Waals surface area contributed by atoms with Crippen molar-refractivity contribution in [1.29, 1.82) is 5.26 Å². The fourth-order valence-corrected chi connectivity index (χ4v) is 1.73. The number of rotatable bonds is 5. The van der Waals surface area contributed by atoms with E-state index in [1.54, 1.807) is 25.5 Å². The minimum absolute atomic E-state index is 0.454. The topological polar surface area (TPSA) is 58.2 Å². The van der Waals surface area contributed by atoms with Crippen LogP contribution in [0.3, 0.4) is 0 Å². The van der Waals surface area contributed by atoms with Gasteiger partial charge in [0.15, 0.2) is 6.04 Å². The highest BCUT2D eigenvalue weighted by Crippen LogP contribution is 2.19. The van der Waals surface area contributed by atoms with Crippen LogP contribution in [0, 0.1) is 11.3 Å². The molecule has 0 bridgehead atoms. The molecule has 0 aliphatic rings. The first-order valence-corrected chi connectivity index (χ1v) is 5.63. The first-order chi connectivity index (χ1) is 8.85. The summed E-state index contributed by atoms with van der Waals surface area (Å²) in [5.74, 6) is 1.42. The van der Waals surface area contributed by atoms with Gasteiger partial charge in [-0.1, -0.05) is 18.2 Å². The molecule has 4 heteroatoms. The van der Waals surface area contributed by atoms with E-state index in [1.807, 2.05) is 24.3 Å². The van der Waals surface area contributed by atoms with Gasteiger partial charge in [-0.2, -0.15) is 5.26 Å². The Bertz CT molecular complexity index is 529. The second kappa shape index (κ2) is 5.89. The predicted octanol–water partition coefficient (Wildman–Crippen LogP) is 2.64. The second-order valence-electron chi connectivity index (χ2n) is 3.77. The molecule has 0 aliphatic heterocycles. The maximum atomic E-state index is 9.10. The molecule has 0 fully saturated rings. The van der Waals surface area contributed by atoms with Gasteiger partial charge in [-0.15, -0.1) is 0 Å². The number of furan rings is 1. The molecule has 0 aliphatic carbocycles. The zero-order valence-corrected chi connectivity index (χ0v) is 10.1. The summed E-state index contributed by atoms with van der Waals surface area (Å²) in [6.07, 6.45) is 1.56. The van der Waals surface area contributed by atoms with E-state index >= 15 is 0 Å². The molecule has 0 saturated carbocycles. The fourth-order valence-electron chi connectivity index (χ4n) is 1.73. The molecule has 1 N–H and O–H groups in total. The quantitative estimate of drug-likeness (QED) is 0.875. The van der Waals surface area contributed by atoms with Gasteiger partial charge in [-0.05, 0) is 18.2 Å². The minimum Gasteiger partial charge on any atom is -0.496 e. The number of methoxy groups -OCH3 is 1. The van der Waals surface area contributed by atoms with E-state index in [-0.39, 0.29) is 0 Å². The molecule has 1 aromatic carbocycles. The van der Waals surface area contributed by atoms with Crippen LogP contribution in [0.2, 0.25) is 0 Å². The van der Waals surface area contributed by atoms with Gasteiger partial charge in [0.1, 0.15) is 11.5 Å². The molecule has 2 rings (SSSR count). The van der Waals surface area contributed by atoms with E-state index in [4.69, 9.17) is 14.4 Å². The monoisotopic (exact) mass is 242 g/mol. The number of hydrogen-bond donors (Lipinski definition) is 1. The number of nitrogens with one attached hydrogen (secondary N) is 1. The van der Waals surface area contributed by atoms with Crippen molar-refractivity contribution in [2.45, 2.75) is 12.6 Å². The van der Waals surface area contributed by atoms with Crippen molar-refractivity contribution in [3.05, 3.63) is 54.0 Å². The third kappa shape index (κ3) is 2.70. The zero-order chi connectivity index (χ0) is 12.8. The molecule has 0 saturated heterocycles. The van der Waals surface area contributed by atoms with Crippen molar-refractivity contribution >= 4 is 0 Å². The standard InChI is InChI=1S/C14H14N2O2/c1-17-13-6-3-2-5-11(13)10-16-12(9-15)14-7-4-8-18-14/h2-8,12,16H,10H2,1H3. The summed E-state index contributed by atoms with van der Waals surface area (Å²) in [5, 5.41) is 12.2. The third-order valence-electron chi connectivity index (χ3n) is 2.65. The molecule has 0 amide bonds. The highest BCUT2D eigenvalue weighted by atomic mass is 16.5. The lowest BCUT2D eigenvalue weighted by Crippen LogP contribution is -2.19. The SMILES string of the molecule is COc1ccccc1CNC(C#N)c1ccco1. The van der Waals surface area contributed by atoms with Gasteiger partial charge in [-0.25, -0.2) is 0 Å². The highest BCUT2D eigenvalue weighted by molar-refractivity contribution is 5.33. The average molecular weight is 242 g/mol. The lowest BCUT2D eigenvalue weighted by atomic mass is 10.1. The van der Waals surface area contributed by atoms with Crippen molar-refractivity contribution in [2.75, 3.05) is 7.11 Å². The summed E-state index contributed by atoms with van der Waals surface area (Å²) >= 11 is 0. The van der Waals surface area contributed by atoms with Crippen LogP contribution in [0.25, 0.3) is 0 Å². The van der Waals surface area contributed by atoms with Crippen molar-refractivity contribution in [2.24, 2.45) is 0 Å². The lowest BCUT2D eigenvalue weighted by molar-refractivity contribution is 0.404. The number of nitriles is 1.